The van der Waals surface area contributed by atoms with E-state index in [-0.39, 0.29) is 5.78 Å². The molecule has 1 aliphatic rings. The number of benzene rings is 1. The molecule has 1 saturated heterocycles. The number of hydrogen-bond donors (Lipinski definition) is 0. The van der Waals surface area contributed by atoms with Crippen LogP contribution in [0.3, 0.4) is 0 Å². The number of rotatable bonds is 4. The first-order valence-corrected chi connectivity index (χ1v) is 8.37. The summed E-state index contributed by atoms with van der Waals surface area (Å²) in [6.45, 7) is 11.8. The van der Waals surface area contributed by atoms with E-state index in [2.05, 4.69) is 50.4 Å². The minimum atomic E-state index is 0.273. The smallest absolute Gasteiger partial charge is 0.164 e. The van der Waals surface area contributed by atoms with E-state index < -0.39 is 0 Å². The molecule has 0 N–H and O–H groups in total. The molecular weight excluding hydrogens is 266 g/mol. The van der Waals surface area contributed by atoms with Crippen molar-refractivity contribution in [3.05, 3.63) is 34.9 Å². The van der Waals surface area contributed by atoms with Gasteiger partial charge in [0.2, 0.25) is 0 Å². The lowest BCUT2D eigenvalue weighted by atomic mass is 10.0. The summed E-state index contributed by atoms with van der Waals surface area (Å²) in [4.78, 5) is 14.8. The Balaban J connectivity index is 1.91. The van der Waals surface area contributed by atoms with Crippen LogP contribution in [0.15, 0.2) is 18.2 Å². The standard InChI is InChI=1S/C17H25NOS/c1-12-7-13(2)9-16(8-12)17(19)5-6-18-10-14(3)20-15(4)11-18/h7-9,14-15H,5-6,10-11H2,1-4H3. The van der Waals surface area contributed by atoms with Gasteiger partial charge in [-0.25, -0.2) is 0 Å². The normalized spacial score (nSPS) is 23.8. The molecular formula is C17H25NOS. The van der Waals surface area contributed by atoms with Gasteiger partial charge in [0.1, 0.15) is 0 Å². The van der Waals surface area contributed by atoms with Crippen molar-refractivity contribution in [2.45, 2.75) is 44.6 Å². The van der Waals surface area contributed by atoms with Crippen LogP contribution in [-0.2, 0) is 0 Å². The fourth-order valence-electron chi connectivity index (χ4n) is 3.01. The molecule has 0 spiro atoms. The van der Waals surface area contributed by atoms with E-state index in [4.69, 9.17) is 0 Å². The lowest BCUT2D eigenvalue weighted by Crippen LogP contribution is -2.41. The van der Waals surface area contributed by atoms with Crippen molar-refractivity contribution in [1.29, 1.82) is 0 Å². The predicted octanol–water partition coefficient (Wildman–Crippen LogP) is 3.70. The SMILES string of the molecule is Cc1cc(C)cc(C(=O)CCN2CC(C)SC(C)C2)c1. The van der Waals surface area contributed by atoms with Crippen LogP contribution < -0.4 is 0 Å². The molecule has 0 aromatic heterocycles. The van der Waals surface area contributed by atoms with Crippen LogP contribution in [0, 0.1) is 13.8 Å². The van der Waals surface area contributed by atoms with Gasteiger partial charge < -0.3 is 4.90 Å². The summed E-state index contributed by atoms with van der Waals surface area (Å²) >= 11 is 2.05. The summed E-state index contributed by atoms with van der Waals surface area (Å²) in [5.74, 6) is 0.273. The lowest BCUT2D eigenvalue weighted by molar-refractivity contribution is 0.0963. The predicted molar refractivity (Wildman–Crippen MR) is 87.8 cm³/mol. The van der Waals surface area contributed by atoms with E-state index in [0.29, 0.717) is 16.9 Å². The summed E-state index contributed by atoms with van der Waals surface area (Å²) in [6.07, 6.45) is 0.632. The Kier molecular flexibility index (Phi) is 5.28. The molecule has 1 aromatic rings. The molecule has 0 saturated carbocycles. The van der Waals surface area contributed by atoms with Crippen molar-refractivity contribution in [3.8, 4) is 0 Å². The van der Waals surface area contributed by atoms with Crippen LogP contribution in [0.4, 0.5) is 0 Å². The van der Waals surface area contributed by atoms with Crippen LogP contribution >= 0.6 is 11.8 Å². The molecule has 1 heterocycles. The van der Waals surface area contributed by atoms with Gasteiger partial charge in [0.25, 0.3) is 0 Å². The molecule has 0 aliphatic carbocycles. The third-order valence-corrected chi connectivity index (χ3v) is 4.92. The summed E-state index contributed by atoms with van der Waals surface area (Å²) in [5.41, 5.74) is 3.21. The molecule has 0 radical (unpaired) electrons. The number of hydrogen-bond acceptors (Lipinski definition) is 3. The molecule has 1 fully saturated rings. The van der Waals surface area contributed by atoms with E-state index in [9.17, 15) is 4.79 Å². The van der Waals surface area contributed by atoms with E-state index in [1.54, 1.807) is 0 Å². The lowest BCUT2D eigenvalue weighted by Gasteiger charge is -2.34. The molecule has 2 unspecified atom stereocenters. The average Bonchev–Trinajstić information content (AvgIpc) is 2.33. The van der Waals surface area contributed by atoms with Gasteiger partial charge in [-0.15, -0.1) is 0 Å². The number of nitrogens with zero attached hydrogens (tertiary/aromatic N) is 1. The van der Waals surface area contributed by atoms with Gasteiger partial charge in [0, 0.05) is 42.1 Å². The van der Waals surface area contributed by atoms with Crippen LogP contribution in [-0.4, -0.2) is 40.8 Å². The average molecular weight is 291 g/mol. The zero-order chi connectivity index (χ0) is 14.7. The Hall–Kier alpha value is -0.800. The van der Waals surface area contributed by atoms with Crippen LogP contribution in [0.1, 0.15) is 41.8 Å². The number of carbonyl (C=O) groups is 1. The Morgan fingerprint density at radius 3 is 2.25 bits per heavy atom. The Labute approximate surface area is 126 Å². The molecule has 0 bridgehead atoms. The number of aryl methyl sites for hydroxylation is 2. The second-order valence-corrected chi connectivity index (χ2v) is 7.95. The maximum absolute atomic E-state index is 12.3. The van der Waals surface area contributed by atoms with E-state index >= 15 is 0 Å². The molecule has 110 valence electrons. The quantitative estimate of drug-likeness (QED) is 0.789. The van der Waals surface area contributed by atoms with Crippen LogP contribution in [0.2, 0.25) is 0 Å². The van der Waals surface area contributed by atoms with Gasteiger partial charge in [-0.05, 0) is 26.0 Å². The number of thioether (sulfide) groups is 1. The fraction of sp³-hybridized carbons (Fsp3) is 0.588. The highest BCUT2D eigenvalue weighted by Crippen LogP contribution is 2.24. The van der Waals surface area contributed by atoms with E-state index in [1.807, 2.05) is 12.1 Å². The zero-order valence-electron chi connectivity index (χ0n) is 13.0. The minimum absolute atomic E-state index is 0.273. The molecule has 2 rings (SSSR count). The summed E-state index contributed by atoms with van der Waals surface area (Å²) in [5, 5.41) is 1.35. The number of carbonyl (C=O) groups excluding carboxylic acids is 1. The first-order chi connectivity index (χ1) is 9.44. The summed E-state index contributed by atoms with van der Waals surface area (Å²) in [7, 11) is 0. The van der Waals surface area contributed by atoms with Crippen molar-refractivity contribution in [3.63, 3.8) is 0 Å². The molecule has 2 nitrogen and oxygen atoms in total. The molecule has 1 aliphatic heterocycles. The zero-order valence-corrected chi connectivity index (χ0v) is 13.8. The topological polar surface area (TPSA) is 20.3 Å². The van der Waals surface area contributed by atoms with Crippen molar-refractivity contribution in [1.82, 2.24) is 4.90 Å². The summed E-state index contributed by atoms with van der Waals surface area (Å²) < 4.78 is 0. The second-order valence-electron chi connectivity index (χ2n) is 6.07. The van der Waals surface area contributed by atoms with E-state index in [0.717, 1.165) is 25.2 Å². The third-order valence-electron chi connectivity index (χ3n) is 3.69. The highest BCUT2D eigenvalue weighted by molar-refractivity contribution is 8.00. The van der Waals surface area contributed by atoms with E-state index in [1.165, 1.54) is 11.1 Å². The Bertz CT molecular complexity index is 456. The second kappa shape index (κ2) is 6.77. The third kappa shape index (κ3) is 4.35. The molecule has 0 amide bonds. The van der Waals surface area contributed by atoms with Crippen LogP contribution in [0.5, 0.6) is 0 Å². The maximum atomic E-state index is 12.3. The van der Waals surface area contributed by atoms with Crippen LogP contribution in [0.25, 0.3) is 0 Å². The van der Waals surface area contributed by atoms with Crippen molar-refractivity contribution in [2.24, 2.45) is 0 Å². The maximum Gasteiger partial charge on any atom is 0.164 e. The highest BCUT2D eigenvalue weighted by Gasteiger charge is 2.22. The largest absolute Gasteiger partial charge is 0.301 e. The number of Topliss-reactive ketones (excluding diaryl/α,β-unsaturated/α-hetero) is 1. The molecule has 20 heavy (non-hydrogen) atoms. The monoisotopic (exact) mass is 291 g/mol. The van der Waals surface area contributed by atoms with Gasteiger partial charge in [0.15, 0.2) is 5.78 Å². The molecule has 1 aromatic carbocycles. The Morgan fingerprint density at radius 2 is 1.70 bits per heavy atom. The van der Waals surface area contributed by atoms with Gasteiger partial charge in [-0.1, -0.05) is 31.0 Å². The van der Waals surface area contributed by atoms with Gasteiger partial charge in [-0.3, -0.25) is 4.79 Å². The van der Waals surface area contributed by atoms with Crippen molar-refractivity contribution >= 4 is 17.5 Å². The molecule has 2 atom stereocenters. The first-order valence-electron chi connectivity index (χ1n) is 7.43. The molecule has 3 heteroatoms. The van der Waals surface area contributed by atoms with Crippen molar-refractivity contribution in [2.75, 3.05) is 19.6 Å². The van der Waals surface area contributed by atoms with Gasteiger partial charge in [0.05, 0.1) is 0 Å². The fourth-order valence-corrected chi connectivity index (χ4v) is 4.39. The minimum Gasteiger partial charge on any atom is -0.301 e. The summed E-state index contributed by atoms with van der Waals surface area (Å²) in [6, 6.07) is 6.13. The van der Waals surface area contributed by atoms with Gasteiger partial charge in [-0.2, -0.15) is 11.8 Å². The van der Waals surface area contributed by atoms with Crippen molar-refractivity contribution < 1.29 is 4.79 Å². The number of ketones is 1. The van der Waals surface area contributed by atoms with Gasteiger partial charge >= 0.3 is 0 Å². The first kappa shape index (κ1) is 15.6. The Morgan fingerprint density at radius 1 is 1.15 bits per heavy atom. The highest BCUT2D eigenvalue weighted by atomic mass is 32.2.